The van der Waals surface area contributed by atoms with Gasteiger partial charge in [0.15, 0.2) is 6.61 Å². The molecule has 0 saturated heterocycles. The summed E-state index contributed by atoms with van der Waals surface area (Å²) in [5.74, 6) is -0.345. The Morgan fingerprint density at radius 1 is 1.09 bits per heavy atom. The summed E-state index contributed by atoms with van der Waals surface area (Å²) < 4.78 is 40.6. The zero-order valence-electron chi connectivity index (χ0n) is 11.2. The topological polar surface area (TPSA) is 38.3 Å². The van der Waals surface area contributed by atoms with Crippen molar-refractivity contribution in [3.8, 4) is 5.75 Å². The van der Waals surface area contributed by atoms with Gasteiger partial charge in [-0.05, 0) is 36.4 Å². The van der Waals surface area contributed by atoms with Gasteiger partial charge in [0.1, 0.15) is 5.75 Å². The van der Waals surface area contributed by atoms with E-state index in [2.05, 4.69) is 10.1 Å². The molecule has 0 spiro atoms. The number of halogens is 4. The van der Waals surface area contributed by atoms with Crippen molar-refractivity contribution < 1.29 is 22.7 Å². The van der Waals surface area contributed by atoms with E-state index in [4.69, 9.17) is 11.6 Å². The summed E-state index contributed by atoms with van der Waals surface area (Å²) in [7, 11) is 0. The van der Waals surface area contributed by atoms with Gasteiger partial charge in [0, 0.05) is 5.69 Å². The lowest BCUT2D eigenvalue weighted by molar-refractivity contribution is -0.153. The molecular formula is C15H11ClF3NO2. The summed E-state index contributed by atoms with van der Waals surface area (Å²) >= 11 is 5.91. The van der Waals surface area contributed by atoms with Crippen molar-refractivity contribution in [2.24, 2.45) is 0 Å². The lowest BCUT2D eigenvalue weighted by atomic mass is 10.2. The van der Waals surface area contributed by atoms with Crippen LogP contribution in [0.1, 0.15) is 10.4 Å². The molecule has 0 aliphatic heterocycles. The average Bonchev–Trinajstić information content (AvgIpc) is 2.46. The van der Waals surface area contributed by atoms with Crippen molar-refractivity contribution in [1.29, 1.82) is 0 Å². The highest BCUT2D eigenvalue weighted by Gasteiger charge is 2.28. The molecule has 2 aromatic carbocycles. The van der Waals surface area contributed by atoms with Crippen LogP contribution in [0.2, 0.25) is 5.02 Å². The molecule has 0 aliphatic carbocycles. The number of anilines is 1. The Hall–Kier alpha value is -2.21. The molecule has 7 heteroatoms. The Balaban J connectivity index is 1.99. The van der Waals surface area contributed by atoms with E-state index < -0.39 is 18.7 Å². The molecule has 22 heavy (non-hydrogen) atoms. The maximum absolute atomic E-state index is 12.0. The fourth-order valence-corrected chi connectivity index (χ4v) is 1.86. The van der Waals surface area contributed by atoms with Gasteiger partial charge in [-0.2, -0.15) is 13.2 Å². The van der Waals surface area contributed by atoms with Crippen LogP contribution in [0.3, 0.4) is 0 Å². The van der Waals surface area contributed by atoms with E-state index in [9.17, 15) is 18.0 Å². The SMILES string of the molecule is O=C(Nc1ccc(OCC(F)(F)F)cc1)c1ccccc1Cl. The second-order valence-corrected chi connectivity index (χ2v) is 4.77. The number of amides is 1. The van der Waals surface area contributed by atoms with Crippen molar-refractivity contribution in [2.45, 2.75) is 6.18 Å². The molecule has 1 N–H and O–H groups in total. The number of rotatable bonds is 4. The Morgan fingerprint density at radius 3 is 2.32 bits per heavy atom. The minimum atomic E-state index is -4.39. The predicted molar refractivity (Wildman–Crippen MR) is 77.4 cm³/mol. The number of hydrogen-bond donors (Lipinski definition) is 1. The Labute approximate surface area is 129 Å². The molecule has 116 valence electrons. The molecule has 0 atom stereocenters. The van der Waals surface area contributed by atoms with Crippen LogP contribution in [0.4, 0.5) is 18.9 Å². The van der Waals surface area contributed by atoms with Crippen molar-refractivity contribution in [2.75, 3.05) is 11.9 Å². The largest absolute Gasteiger partial charge is 0.484 e. The van der Waals surface area contributed by atoms with Crippen LogP contribution in [0.25, 0.3) is 0 Å². The standard InChI is InChI=1S/C15H11ClF3NO2/c16-13-4-2-1-3-12(13)14(21)20-10-5-7-11(8-6-10)22-9-15(17,18)19/h1-8H,9H2,(H,20,21). The van der Waals surface area contributed by atoms with E-state index in [0.717, 1.165) is 0 Å². The number of alkyl halides is 3. The highest BCUT2D eigenvalue weighted by Crippen LogP contribution is 2.21. The first-order valence-corrected chi connectivity index (χ1v) is 6.58. The molecule has 3 nitrogen and oxygen atoms in total. The molecule has 0 fully saturated rings. The predicted octanol–water partition coefficient (Wildman–Crippen LogP) is 4.53. The summed E-state index contributed by atoms with van der Waals surface area (Å²) in [4.78, 5) is 12.0. The van der Waals surface area contributed by atoms with Gasteiger partial charge in [-0.3, -0.25) is 4.79 Å². The lowest BCUT2D eigenvalue weighted by Gasteiger charge is -2.10. The quantitative estimate of drug-likeness (QED) is 0.894. The highest BCUT2D eigenvalue weighted by atomic mass is 35.5. The zero-order valence-corrected chi connectivity index (χ0v) is 11.9. The smallest absolute Gasteiger partial charge is 0.422 e. The van der Waals surface area contributed by atoms with Crippen LogP contribution in [0.15, 0.2) is 48.5 Å². The van der Waals surface area contributed by atoms with Gasteiger partial charge in [0.25, 0.3) is 5.91 Å². The summed E-state index contributed by atoms with van der Waals surface area (Å²) in [6.45, 7) is -1.36. The van der Waals surface area contributed by atoms with Crippen LogP contribution in [-0.4, -0.2) is 18.7 Å². The molecule has 0 aromatic heterocycles. The third-order valence-corrected chi connectivity index (χ3v) is 2.96. The molecule has 2 rings (SSSR count). The number of carbonyl (C=O) groups excluding carboxylic acids is 1. The average molecular weight is 330 g/mol. The molecule has 0 aliphatic rings. The van der Waals surface area contributed by atoms with Gasteiger partial charge in [0.05, 0.1) is 10.6 Å². The maximum Gasteiger partial charge on any atom is 0.422 e. The third kappa shape index (κ3) is 4.66. The van der Waals surface area contributed by atoms with Gasteiger partial charge >= 0.3 is 6.18 Å². The minimum Gasteiger partial charge on any atom is -0.484 e. The summed E-state index contributed by atoms with van der Waals surface area (Å²) in [5, 5.41) is 2.91. The van der Waals surface area contributed by atoms with Crippen molar-refractivity contribution in [3.05, 3.63) is 59.1 Å². The highest BCUT2D eigenvalue weighted by molar-refractivity contribution is 6.34. The normalized spacial score (nSPS) is 11.1. The van der Waals surface area contributed by atoms with Crippen LogP contribution >= 0.6 is 11.6 Å². The summed E-state index contributed by atoms with van der Waals surface area (Å²) in [6, 6.07) is 12.1. The number of nitrogens with one attached hydrogen (secondary N) is 1. The first-order chi connectivity index (χ1) is 10.3. The molecule has 0 bridgehead atoms. The van der Waals surface area contributed by atoms with Crippen molar-refractivity contribution in [1.82, 2.24) is 0 Å². The van der Waals surface area contributed by atoms with E-state index in [-0.39, 0.29) is 5.75 Å². The second-order valence-electron chi connectivity index (χ2n) is 4.36. The first kappa shape index (κ1) is 16.2. The van der Waals surface area contributed by atoms with E-state index >= 15 is 0 Å². The molecule has 0 saturated carbocycles. The summed E-state index contributed by atoms with van der Waals surface area (Å²) in [5.41, 5.74) is 0.728. The van der Waals surface area contributed by atoms with E-state index in [1.54, 1.807) is 24.3 Å². The molecular weight excluding hydrogens is 319 g/mol. The number of hydrogen-bond acceptors (Lipinski definition) is 2. The second kappa shape index (κ2) is 6.70. The molecule has 0 radical (unpaired) electrons. The van der Waals surface area contributed by atoms with Gasteiger partial charge in [0.2, 0.25) is 0 Å². The Morgan fingerprint density at radius 2 is 1.73 bits per heavy atom. The minimum absolute atomic E-state index is 0.0630. The third-order valence-electron chi connectivity index (χ3n) is 2.63. The van der Waals surface area contributed by atoms with Crippen LogP contribution in [0, 0.1) is 0 Å². The zero-order chi connectivity index (χ0) is 16.2. The maximum atomic E-state index is 12.0. The Kier molecular flexibility index (Phi) is 4.92. The van der Waals surface area contributed by atoms with E-state index in [0.29, 0.717) is 16.3 Å². The first-order valence-electron chi connectivity index (χ1n) is 6.21. The van der Waals surface area contributed by atoms with Crippen LogP contribution < -0.4 is 10.1 Å². The van der Waals surface area contributed by atoms with Gasteiger partial charge < -0.3 is 10.1 Å². The van der Waals surface area contributed by atoms with Gasteiger partial charge in [-0.15, -0.1) is 0 Å². The van der Waals surface area contributed by atoms with E-state index in [1.165, 1.54) is 24.3 Å². The van der Waals surface area contributed by atoms with Crippen LogP contribution in [0.5, 0.6) is 5.75 Å². The molecule has 1 amide bonds. The van der Waals surface area contributed by atoms with Gasteiger partial charge in [-0.1, -0.05) is 23.7 Å². The van der Waals surface area contributed by atoms with Gasteiger partial charge in [-0.25, -0.2) is 0 Å². The van der Waals surface area contributed by atoms with Crippen molar-refractivity contribution >= 4 is 23.2 Å². The number of ether oxygens (including phenoxy) is 1. The van der Waals surface area contributed by atoms with Crippen LogP contribution in [-0.2, 0) is 0 Å². The molecule has 0 heterocycles. The summed E-state index contributed by atoms with van der Waals surface area (Å²) in [6.07, 6.45) is -4.39. The monoisotopic (exact) mass is 329 g/mol. The Bertz CT molecular complexity index is 657. The lowest BCUT2D eigenvalue weighted by Crippen LogP contribution is -2.19. The van der Waals surface area contributed by atoms with E-state index in [1.807, 2.05) is 0 Å². The number of carbonyl (C=O) groups is 1. The number of benzene rings is 2. The molecule has 2 aromatic rings. The molecule has 0 unspecified atom stereocenters. The van der Waals surface area contributed by atoms with Crippen molar-refractivity contribution in [3.63, 3.8) is 0 Å². The fourth-order valence-electron chi connectivity index (χ4n) is 1.64. The fraction of sp³-hybridized carbons (Fsp3) is 0.133.